The molecule has 1 amide bonds. The third-order valence-corrected chi connectivity index (χ3v) is 4.49. The summed E-state index contributed by atoms with van der Waals surface area (Å²) in [5, 5.41) is 2.75. The van der Waals surface area contributed by atoms with Crippen LogP contribution >= 0.6 is 15.9 Å². The second-order valence-electron chi connectivity index (χ2n) is 5.86. The lowest BCUT2D eigenvalue weighted by atomic mass is 10.1. The topological polar surface area (TPSA) is 51.1 Å². The van der Waals surface area contributed by atoms with Crippen molar-refractivity contribution in [3.05, 3.63) is 98.1 Å². The monoisotopic (exact) mass is 414 g/mol. The Kier molecular flexibility index (Phi) is 5.32. The van der Waals surface area contributed by atoms with Gasteiger partial charge in [0.15, 0.2) is 0 Å². The van der Waals surface area contributed by atoms with E-state index in [1.165, 1.54) is 22.9 Å². The third-order valence-electron chi connectivity index (χ3n) is 4.00. The van der Waals surface area contributed by atoms with E-state index in [1.54, 1.807) is 30.3 Å². The molecule has 0 aliphatic carbocycles. The minimum absolute atomic E-state index is 0.00570. The van der Waals surface area contributed by atoms with Gasteiger partial charge in [0.2, 0.25) is 0 Å². The molecule has 1 heterocycles. The number of hydrogen-bond donors (Lipinski definition) is 1. The Bertz CT molecular complexity index is 1030. The fourth-order valence-electron chi connectivity index (χ4n) is 2.60. The van der Waals surface area contributed by atoms with Gasteiger partial charge in [0, 0.05) is 21.9 Å². The number of anilines is 1. The molecule has 0 fully saturated rings. The van der Waals surface area contributed by atoms with Crippen LogP contribution in [0.4, 0.5) is 10.1 Å². The van der Waals surface area contributed by atoms with Crippen molar-refractivity contribution >= 4 is 27.5 Å². The predicted octanol–water partition coefficient (Wildman–Crippen LogP) is 4.36. The van der Waals surface area contributed by atoms with E-state index in [2.05, 4.69) is 21.2 Å². The Hall–Kier alpha value is -2.73. The summed E-state index contributed by atoms with van der Waals surface area (Å²) in [6.07, 6.45) is 1.54. The van der Waals surface area contributed by atoms with Crippen molar-refractivity contribution in [1.29, 1.82) is 0 Å². The average Bonchev–Trinajstić information content (AvgIpc) is 2.61. The maximum absolute atomic E-state index is 13.8. The number of amides is 1. The third kappa shape index (κ3) is 3.91. The molecule has 0 spiro atoms. The van der Waals surface area contributed by atoms with Crippen LogP contribution in [0.15, 0.2) is 70.1 Å². The minimum atomic E-state index is -0.497. The number of halogens is 2. The van der Waals surface area contributed by atoms with Crippen LogP contribution in [0.2, 0.25) is 0 Å². The number of hydrogen-bond acceptors (Lipinski definition) is 2. The van der Waals surface area contributed by atoms with Crippen molar-refractivity contribution in [2.24, 2.45) is 0 Å². The lowest BCUT2D eigenvalue weighted by Gasteiger charge is -2.11. The summed E-state index contributed by atoms with van der Waals surface area (Å²) in [5.74, 6) is -0.886. The second-order valence-corrected chi connectivity index (χ2v) is 6.78. The number of aromatic nitrogens is 1. The number of carbonyl (C=O) groups excluding carboxylic acids is 1. The van der Waals surface area contributed by atoms with Gasteiger partial charge >= 0.3 is 0 Å². The van der Waals surface area contributed by atoms with E-state index in [-0.39, 0.29) is 17.9 Å². The molecule has 0 radical (unpaired) electrons. The Balaban J connectivity index is 1.88. The van der Waals surface area contributed by atoms with Crippen molar-refractivity contribution in [2.75, 3.05) is 5.32 Å². The van der Waals surface area contributed by atoms with Gasteiger partial charge in [0.25, 0.3) is 11.5 Å². The summed E-state index contributed by atoms with van der Waals surface area (Å²) in [6, 6.07) is 14.8. The van der Waals surface area contributed by atoms with Crippen LogP contribution in [0, 0.1) is 12.7 Å². The first-order valence-electron chi connectivity index (χ1n) is 7.96. The first-order valence-corrected chi connectivity index (χ1v) is 8.75. The molecule has 3 rings (SSSR count). The maximum Gasteiger partial charge on any atom is 0.263 e. The fraction of sp³-hybridized carbons (Fsp3) is 0.100. The molecule has 1 N–H and O–H groups in total. The zero-order chi connectivity index (χ0) is 18.7. The number of rotatable bonds is 4. The molecule has 1 aromatic heterocycles. The maximum atomic E-state index is 13.8. The molecule has 0 bridgehead atoms. The molecule has 0 saturated heterocycles. The van der Waals surface area contributed by atoms with Gasteiger partial charge in [0.05, 0.1) is 6.54 Å². The molecule has 2 aromatic carbocycles. The molecule has 0 saturated carbocycles. The molecular weight excluding hydrogens is 399 g/mol. The smallest absolute Gasteiger partial charge is 0.263 e. The lowest BCUT2D eigenvalue weighted by Crippen LogP contribution is -2.29. The zero-order valence-corrected chi connectivity index (χ0v) is 15.6. The highest BCUT2D eigenvalue weighted by Gasteiger charge is 2.14. The van der Waals surface area contributed by atoms with Crippen molar-refractivity contribution < 1.29 is 9.18 Å². The average molecular weight is 415 g/mol. The molecule has 0 atom stereocenters. The van der Waals surface area contributed by atoms with Gasteiger partial charge in [-0.3, -0.25) is 9.59 Å². The molecule has 3 aromatic rings. The minimum Gasteiger partial charge on any atom is -0.322 e. The quantitative estimate of drug-likeness (QED) is 0.689. The van der Waals surface area contributed by atoms with E-state index in [4.69, 9.17) is 0 Å². The highest BCUT2D eigenvalue weighted by atomic mass is 79.9. The van der Waals surface area contributed by atoms with E-state index < -0.39 is 11.5 Å². The van der Waals surface area contributed by atoms with Crippen LogP contribution in [0.3, 0.4) is 0 Å². The van der Waals surface area contributed by atoms with Crippen LogP contribution in [-0.2, 0) is 6.54 Å². The van der Waals surface area contributed by atoms with Gasteiger partial charge in [-0.1, -0.05) is 34.1 Å². The van der Waals surface area contributed by atoms with E-state index in [9.17, 15) is 14.0 Å². The molecule has 6 heteroatoms. The first-order chi connectivity index (χ1) is 12.5. The van der Waals surface area contributed by atoms with Crippen LogP contribution in [0.5, 0.6) is 0 Å². The van der Waals surface area contributed by atoms with Gasteiger partial charge in [-0.15, -0.1) is 0 Å². The summed E-state index contributed by atoms with van der Waals surface area (Å²) < 4.78 is 16.1. The number of benzene rings is 2. The molecule has 132 valence electrons. The highest BCUT2D eigenvalue weighted by molar-refractivity contribution is 9.10. The Morgan fingerprint density at radius 3 is 2.65 bits per heavy atom. The molecular formula is C20H16BrFN2O2. The predicted molar refractivity (Wildman–Crippen MR) is 103 cm³/mol. The summed E-state index contributed by atoms with van der Waals surface area (Å²) in [4.78, 5) is 25.2. The number of aryl methyl sites for hydroxylation is 1. The van der Waals surface area contributed by atoms with Crippen LogP contribution in [-0.4, -0.2) is 10.5 Å². The van der Waals surface area contributed by atoms with E-state index in [1.807, 2.05) is 19.1 Å². The molecule has 0 aliphatic heterocycles. The van der Waals surface area contributed by atoms with Crippen LogP contribution in [0.1, 0.15) is 21.5 Å². The molecule has 0 aliphatic rings. The zero-order valence-electron chi connectivity index (χ0n) is 14.0. The van der Waals surface area contributed by atoms with Crippen molar-refractivity contribution in [3.8, 4) is 0 Å². The Morgan fingerprint density at radius 2 is 1.92 bits per heavy atom. The van der Waals surface area contributed by atoms with Crippen molar-refractivity contribution in [3.63, 3.8) is 0 Å². The van der Waals surface area contributed by atoms with Crippen LogP contribution < -0.4 is 10.9 Å². The van der Waals surface area contributed by atoms with Crippen molar-refractivity contribution in [1.82, 2.24) is 4.57 Å². The van der Waals surface area contributed by atoms with Gasteiger partial charge < -0.3 is 9.88 Å². The van der Waals surface area contributed by atoms with Crippen molar-refractivity contribution in [2.45, 2.75) is 13.5 Å². The van der Waals surface area contributed by atoms with E-state index in [0.717, 1.165) is 10.0 Å². The molecule has 0 unspecified atom stereocenters. The normalized spacial score (nSPS) is 10.6. The van der Waals surface area contributed by atoms with E-state index >= 15 is 0 Å². The van der Waals surface area contributed by atoms with Gasteiger partial charge in [-0.05, 0) is 48.9 Å². The number of nitrogens with one attached hydrogen (secondary N) is 1. The second kappa shape index (κ2) is 7.66. The van der Waals surface area contributed by atoms with E-state index in [0.29, 0.717) is 11.3 Å². The van der Waals surface area contributed by atoms with Crippen LogP contribution in [0.25, 0.3) is 0 Å². The lowest BCUT2D eigenvalue weighted by molar-refractivity contribution is 0.102. The summed E-state index contributed by atoms with van der Waals surface area (Å²) in [6.45, 7) is 1.92. The Morgan fingerprint density at radius 1 is 1.15 bits per heavy atom. The summed E-state index contributed by atoms with van der Waals surface area (Å²) in [7, 11) is 0. The standard InChI is InChI=1S/C20H16BrFN2O2/c1-13-11-15(21)8-9-18(13)23-19(25)16-6-4-10-24(20(16)26)12-14-5-2-3-7-17(14)22/h2-11H,12H2,1H3,(H,23,25). The molecule has 4 nitrogen and oxygen atoms in total. The summed E-state index contributed by atoms with van der Waals surface area (Å²) >= 11 is 3.37. The largest absolute Gasteiger partial charge is 0.322 e. The Labute approximate surface area is 158 Å². The summed E-state index contributed by atoms with van der Waals surface area (Å²) in [5.41, 5.74) is 1.42. The number of nitrogens with zero attached hydrogens (tertiary/aromatic N) is 1. The van der Waals surface area contributed by atoms with Gasteiger partial charge in [-0.2, -0.15) is 0 Å². The fourth-order valence-corrected chi connectivity index (χ4v) is 3.08. The molecule has 26 heavy (non-hydrogen) atoms. The number of carbonyl (C=O) groups is 1. The van der Waals surface area contributed by atoms with Gasteiger partial charge in [-0.25, -0.2) is 4.39 Å². The number of pyridine rings is 1. The SMILES string of the molecule is Cc1cc(Br)ccc1NC(=O)c1cccn(Cc2ccccc2F)c1=O. The van der Waals surface area contributed by atoms with Gasteiger partial charge in [0.1, 0.15) is 11.4 Å². The highest BCUT2D eigenvalue weighted by Crippen LogP contribution is 2.20. The first kappa shape index (κ1) is 18.1.